The topological polar surface area (TPSA) is 66.6 Å². The van der Waals surface area contributed by atoms with Gasteiger partial charge in [0.05, 0.1) is 5.56 Å². The largest absolute Gasteiger partial charge is 0.398 e. The minimum Gasteiger partial charge on any atom is -0.398 e. The number of hydrogen-bond donors (Lipinski definition) is 1. The van der Waals surface area contributed by atoms with Gasteiger partial charge in [-0.1, -0.05) is 11.6 Å². The molecule has 1 aliphatic carbocycles. The molecule has 5 heteroatoms. The highest BCUT2D eigenvalue weighted by Crippen LogP contribution is 2.31. The predicted octanol–water partition coefficient (Wildman–Crippen LogP) is 1.27. The molecule has 1 aromatic rings. The number of piperazine rings is 1. The maximum atomic E-state index is 12.5. The minimum absolute atomic E-state index is 0.0327. The number of carbonyl (C=O) groups excluding carboxylic acids is 2. The first kappa shape index (κ1) is 13.9. The van der Waals surface area contributed by atoms with E-state index in [-0.39, 0.29) is 17.7 Å². The van der Waals surface area contributed by atoms with Crippen molar-refractivity contribution in [2.24, 2.45) is 5.92 Å². The molecule has 3 rings (SSSR count). The Morgan fingerprint density at radius 1 is 1.10 bits per heavy atom. The van der Waals surface area contributed by atoms with E-state index >= 15 is 0 Å². The lowest BCUT2D eigenvalue weighted by Crippen LogP contribution is -2.51. The van der Waals surface area contributed by atoms with Gasteiger partial charge in [0, 0.05) is 37.8 Å². The maximum Gasteiger partial charge on any atom is 0.256 e. The first-order valence-electron chi connectivity index (χ1n) is 7.50. The van der Waals surface area contributed by atoms with Crippen molar-refractivity contribution in [2.75, 3.05) is 31.9 Å². The molecule has 0 atom stereocenters. The van der Waals surface area contributed by atoms with Crippen molar-refractivity contribution < 1.29 is 9.59 Å². The van der Waals surface area contributed by atoms with E-state index in [9.17, 15) is 9.59 Å². The van der Waals surface area contributed by atoms with Crippen LogP contribution in [0.3, 0.4) is 0 Å². The van der Waals surface area contributed by atoms with Crippen LogP contribution in [-0.2, 0) is 4.79 Å². The molecular weight excluding hydrogens is 266 g/mol. The van der Waals surface area contributed by atoms with E-state index in [2.05, 4.69) is 0 Å². The predicted molar refractivity (Wildman–Crippen MR) is 80.8 cm³/mol. The molecule has 1 heterocycles. The quantitative estimate of drug-likeness (QED) is 0.833. The first-order valence-corrected chi connectivity index (χ1v) is 7.50. The van der Waals surface area contributed by atoms with Gasteiger partial charge in [0.15, 0.2) is 0 Å². The van der Waals surface area contributed by atoms with Gasteiger partial charge in [-0.05, 0) is 31.9 Å². The summed E-state index contributed by atoms with van der Waals surface area (Å²) in [5.41, 5.74) is 8.01. The zero-order chi connectivity index (χ0) is 15.0. The fourth-order valence-electron chi connectivity index (χ4n) is 2.74. The Hall–Kier alpha value is -2.04. The smallest absolute Gasteiger partial charge is 0.256 e. The number of amides is 2. The number of hydrogen-bond acceptors (Lipinski definition) is 3. The lowest BCUT2D eigenvalue weighted by molar-refractivity contribution is -0.134. The second kappa shape index (κ2) is 5.39. The Bertz CT molecular complexity index is 573. The summed E-state index contributed by atoms with van der Waals surface area (Å²) in [6.45, 7) is 4.39. The van der Waals surface area contributed by atoms with Crippen LogP contribution in [0.25, 0.3) is 0 Å². The Balaban J connectivity index is 1.64. The SMILES string of the molecule is Cc1ccc(N)c(C(=O)N2CCN(C(=O)C3CC3)CC2)c1. The molecule has 2 fully saturated rings. The minimum atomic E-state index is -0.0327. The van der Waals surface area contributed by atoms with Gasteiger partial charge in [-0.3, -0.25) is 9.59 Å². The van der Waals surface area contributed by atoms with Gasteiger partial charge in [-0.15, -0.1) is 0 Å². The number of anilines is 1. The molecule has 5 nitrogen and oxygen atoms in total. The summed E-state index contributed by atoms with van der Waals surface area (Å²) in [7, 11) is 0. The molecule has 2 amide bonds. The number of nitrogen functional groups attached to an aromatic ring is 1. The van der Waals surface area contributed by atoms with Crippen LogP contribution >= 0.6 is 0 Å². The number of rotatable bonds is 2. The first-order chi connectivity index (χ1) is 10.1. The van der Waals surface area contributed by atoms with Crippen molar-refractivity contribution in [3.63, 3.8) is 0 Å². The number of benzene rings is 1. The standard InChI is InChI=1S/C16H21N3O2/c1-11-2-5-14(17)13(10-11)16(21)19-8-6-18(7-9-19)15(20)12-3-4-12/h2,5,10,12H,3-4,6-9,17H2,1H3. The van der Waals surface area contributed by atoms with E-state index in [0.29, 0.717) is 37.4 Å². The van der Waals surface area contributed by atoms with Crippen molar-refractivity contribution in [3.8, 4) is 0 Å². The van der Waals surface area contributed by atoms with Crippen LogP contribution in [0.4, 0.5) is 5.69 Å². The molecule has 112 valence electrons. The van der Waals surface area contributed by atoms with Crippen molar-refractivity contribution >= 4 is 17.5 Å². The second-order valence-electron chi connectivity index (χ2n) is 5.98. The lowest BCUT2D eigenvalue weighted by Gasteiger charge is -2.35. The highest BCUT2D eigenvalue weighted by Gasteiger charge is 2.35. The molecule has 0 aromatic heterocycles. The van der Waals surface area contributed by atoms with Gasteiger partial charge >= 0.3 is 0 Å². The van der Waals surface area contributed by atoms with Crippen LogP contribution in [-0.4, -0.2) is 47.8 Å². The number of nitrogens with two attached hydrogens (primary N) is 1. The Morgan fingerprint density at radius 2 is 1.71 bits per heavy atom. The molecular formula is C16H21N3O2. The van der Waals surface area contributed by atoms with Crippen LogP contribution in [0.15, 0.2) is 18.2 Å². The zero-order valence-electron chi connectivity index (χ0n) is 12.3. The van der Waals surface area contributed by atoms with E-state index in [1.807, 2.05) is 24.0 Å². The van der Waals surface area contributed by atoms with E-state index in [1.54, 1.807) is 11.0 Å². The van der Waals surface area contributed by atoms with Gasteiger partial charge in [0.2, 0.25) is 5.91 Å². The molecule has 2 aliphatic rings. The Morgan fingerprint density at radius 3 is 2.33 bits per heavy atom. The van der Waals surface area contributed by atoms with Crippen LogP contribution in [0.1, 0.15) is 28.8 Å². The molecule has 0 spiro atoms. The van der Waals surface area contributed by atoms with E-state index < -0.39 is 0 Å². The molecule has 1 saturated carbocycles. The van der Waals surface area contributed by atoms with Crippen molar-refractivity contribution in [1.29, 1.82) is 0 Å². The molecule has 0 bridgehead atoms. The van der Waals surface area contributed by atoms with Gasteiger partial charge in [-0.25, -0.2) is 0 Å². The Labute approximate surface area is 124 Å². The lowest BCUT2D eigenvalue weighted by atomic mass is 10.1. The average molecular weight is 287 g/mol. The summed E-state index contributed by atoms with van der Waals surface area (Å²) in [6.07, 6.45) is 2.05. The van der Waals surface area contributed by atoms with Crippen LogP contribution in [0, 0.1) is 12.8 Å². The van der Waals surface area contributed by atoms with Gasteiger partial charge in [0.1, 0.15) is 0 Å². The summed E-state index contributed by atoms with van der Waals surface area (Å²) in [5.74, 6) is 0.478. The van der Waals surface area contributed by atoms with E-state index in [0.717, 1.165) is 18.4 Å². The number of carbonyl (C=O) groups is 2. The third-order valence-electron chi connectivity index (χ3n) is 4.24. The highest BCUT2D eigenvalue weighted by molar-refractivity contribution is 5.99. The summed E-state index contributed by atoms with van der Waals surface area (Å²) < 4.78 is 0. The van der Waals surface area contributed by atoms with E-state index in [1.165, 1.54) is 0 Å². The highest BCUT2D eigenvalue weighted by atomic mass is 16.2. The van der Waals surface area contributed by atoms with Gasteiger partial charge < -0.3 is 15.5 Å². The monoisotopic (exact) mass is 287 g/mol. The van der Waals surface area contributed by atoms with Gasteiger partial charge in [0.25, 0.3) is 5.91 Å². The molecule has 21 heavy (non-hydrogen) atoms. The third-order valence-corrected chi connectivity index (χ3v) is 4.24. The summed E-state index contributed by atoms with van der Waals surface area (Å²) in [6, 6.07) is 5.51. The maximum absolute atomic E-state index is 12.5. The van der Waals surface area contributed by atoms with Crippen molar-refractivity contribution in [2.45, 2.75) is 19.8 Å². The van der Waals surface area contributed by atoms with Crippen molar-refractivity contribution in [1.82, 2.24) is 9.80 Å². The van der Waals surface area contributed by atoms with E-state index in [4.69, 9.17) is 5.73 Å². The van der Waals surface area contributed by atoms with Crippen LogP contribution < -0.4 is 5.73 Å². The zero-order valence-corrected chi connectivity index (χ0v) is 12.3. The molecule has 1 aliphatic heterocycles. The molecule has 0 unspecified atom stereocenters. The van der Waals surface area contributed by atoms with Crippen LogP contribution in [0.2, 0.25) is 0 Å². The second-order valence-corrected chi connectivity index (χ2v) is 5.98. The number of aryl methyl sites for hydroxylation is 1. The summed E-state index contributed by atoms with van der Waals surface area (Å²) in [5, 5.41) is 0. The molecule has 1 aromatic carbocycles. The van der Waals surface area contributed by atoms with Gasteiger partial charge in [-0.2, -0.15) is 0 Å². The molecule has 1 saturated heterocycles. The van der Waals surface area contributed by atoms with Crippen LogP contribution in [0.5, 0.6) is 0 Å². The molecule has 0 radical (unpaired) electrons. The third kappa shape index (κ3) is 2.86. The fourth-order valence-corrected chi connectivity index (χ4v) is 2.74. The molecule has 2 N–H and O–H groups in total. The normalized spacial score (nSPS) is 18.7. The summed E-state index contributed by atoms with van der Waals surface area (Å²) >= 11 is 0. The Kier molecular flexibility index (Phi) is 3.57. The average Bonchev–Trinajstić information content (AvgIpc) is 3.33. The number of nitrogens with zero attached hydrogens (tertiary/aromatic N) is 2. The van der Waals surface area contributed by atoms with Crippen molar-refractivity contribution in [3.05, 3.63) is 29.3 Å². The summed E-state index contributed by atoms with van der Waals surface area (Å²) in [4.78, 5) is 28.2. The fraction of sp³-hybridized carbons (Fsp3) is 0.500.